The molecule has 0 saturated heterocycles. The van der Waals surface area contributed by atoms with Crippen LogP contribution < -0.4 is 15.2 Å². The highest BCUT2D eigenvalue weighted by atomic mass is 19.2. The molecule has 0 radical (unpaired) electrons. The summed E-state index contributed by atoms with van der Waals surface area (Å²) in [6.45, 7) is 16.7. The normalized spacial score (nSPS) is 12.7. The Morgan fingerprint density at radius 2 is 1.65 bits per heavy atom. The molecule has 0 fully saturated rings. The number of anilines is 2. The van der Waals surface area contributed by atoms with Crippen LogP contribution in [0.2, 0.25) is 0 Å². The van der Waals surface area contributed by atoms with Crippen molar-refractivity contribution in [2.75, 3.05) is 10.4 Å². The summed E-state index contributed by atoms with van der Waals surface area (Å²) >= 11 is 0. The van der Waals surface area contributed by atoms with Crippen LogP contribution in [0.4, 0.5) is 15.9 Å². The van der Waals surface area contributed by atoms with E-state index in [2.05, 4.69) is 59.0 Å². The molecule has 2 N–H and O–H groups in total. The number of benzene rings is 2. The molecule has 0 spiro atoms. The summed E-state index contributed by atoms with van der Waals surface area (Å²) in [5, 5.41) is 12.9. The highest BCUT2D eigenvalue weighted by molar-refractivity contribution is 5.96. The maximum Gasteiger partial charge on any atom is 0.265 e. The molecule has 0 aliphatic carbocycles. The SMILES string of the molecule is CCCC(=O)N(F)c1ccc(NC(=O)C(CC)Oc2ccc(C(C)(C)CC)cc2C(C)(C)CC)cc1O. The van der Waals surface area contributed by atoms with E-state index in [0.717, 1.165) is 18.4 Å². The molecule has 2 amide bonds. The van der Waals surface area contributed by atoms with Gasteiger partial charge in [0, 0.05) is 23.7 Å². The summed E-state index contributed by atoms with van der Waals surface area (Å²) < 4.78 is 20.6. The molecule has 2 rings (SSSR count). The predicted octanol–water partition coefficient (Wildman–Crippen LogP) is 7.58. The van der Waals surface area contributed by atoms with Crippen LogP contribution in [0.15, 0.2) is 36.4 Å². The second-order valence-corrected chi connectivity index (χ2v) is 10.8. The fraction of sp³-hybridized carbons (Fsp3) is 0.533. The molecular formula is C30H43FN2O4. The van der Waals surface area contributed by atoms with Crippen LogP contribution in [0.5, 0.6) is 11.5 Å². The van der Waals surface area contributed by atoms with Crippen molar-refractivity contribution in [3.8, 4) is 11.5 Å². The number of hydrogen-bond acceptors (Lipinski definition) is 4. The average molecular weight is 515 g/mol. The molecule has 7 heteroatoms. The standard InChI is InChI=1S/C30H43FN2O4/c1-9-13-27(35)33(31)23-16-15-21(19-24(23)34)32-28(36)25(10-2)37-26-17-14-20(29(5,6)11-3)18-22(26)30(7,8)12-4/h14-19,25,34H,9-13H2,1-8H3,(H,32,36). The van der Waals surface area contributed by atoms with Crippen molar-refractivity contribution < 1.29 is 23.9 Å². The quantitative estimate of drug-likeness (QED) is 0.286. The zero-order valence-corrected chi connectivity index (χ0v) is 23.6. The monoisotopic (exact) mass is 514 g/mol. The first-order valence-electron chi connectivity index (χ1n) is 13.3. The topological polar surface area (TPSA) is 78.9 Å². The molecule has 2 aromatic carbocycles. The molecule has 0 aliphatic rings. The molecule has 1 unspecified atom stereocenters. The third-order valence-corrected chi connectivity index (χ3v) is 7.33. The molecule has 0 aliphatic heterocycles. The van der Waals surface area contributed by atoms with Gasteiger partial charge >= 0.3 is 0 Å². The zero-order valence-electron chi connectivity index (χ0n) is 23.6. The first-order valence-corrected chi connectivity index (χ1v) is 13.3. The number of nitrogens with one attached hydrogen (secondary N) is 1. The Balaban J connectivity index is 2.29. The van der Waals surface area contributed by atoms with Gasteiger partial charge in [0.25, 0.3) is 11.8 Å². The number of hydrogen-bond donors (Lipinski definition) is 2. The van der Waals surface area contributed by atoms with E-state index in [9.17, 15) is 19.2 Å². The number of aromatic hydroxyl groups is 1. The van der Waals surface area contributed by atoms with Gasteiger partial charge in [0.2, 0.25) is 0 Å². The fourth-order valence-electron chi connectivity index (χ4n) is 3.89. The molecule has 37 heavy (non-hydrogen) atoms. The minimum absolute atomic E-state index is 0.0170. The number of amides is 2. The van der Waals surface area contributed by atoms with Gasteiger partial charge in [-0.3, -0.25) is 9.59 Å². The van der Waals surface area contributed by atoms with E-state index in [1.54, 1.807) is 6.92 Å². The Bertz CT molecular complexity index is 1100. The lowest BCUT2D eigenvalue weighted by Gasteiger charge is -2.31. The smallest absolute Gasteiger partial charge is 0.265 e. The number of halogens is 1. The van der Waals surface area contributed by atoms with Crippen molar-refractivity contribution in [3.05, 3.63) is 47.5 Å². The lowest BCUT2D eigenvalue weighted by atomic mass is 9.76. The van der Waals surface area contributed by atoms with Gasteiger partial charge in [-0.1, -0.05) is 72.0 Å². The third-order valence-electron chi connectivity index (χ3n) is 7.33. The molecule has 2 aromatic rings. The van der Waals surface area contributed by atoms with Crippen molar-refractivity contribution in [1.82, 2.24) is 0 Å². The van der Waals surface area contributed by atoms with Gasteiger partial charge in [-0.2, -0.15) is 0 Å². The van der Waals surface area contributed by atoms with Gasteiger partial charge in [0.15, 0.2) is 6.10 Å². The van der Waals surface area contributed by atoms with Gasteiger partial charge in [0.05, 0.1) is 0 Å². The number of ether oxygens (including phenoxy) is 1. The van der Waals surface area contributed by atoms with E-state index in [1.165, 1.54) is 23.8 Å². The van der Waals surface area contributed by atoms with Crippen LogP contribution in [-0.2, 0) is 20.4 Å². The maximum atomic E-state index is 14.3. The van der Waals surface area contributed by atoms with Crippen LogP contribution in [0.1, 0.15) is 98.6 Å². The molecule has 0 heterocycles. The van der Waals surface area contributed by atoms with Crippen molar-refractivity contribution >= 4 is 23.2 Å². The zero-order chi connectivity index (χ0) is 28.0. The maximum absolute atomic E-state index is 14.3. The fourth-order valence-corrected chi connectivity index (χ4v) is 3.89. The van der Waals surface area contributed by atoms with Crippen LogP contribution in [0.3, 0.4) is 0 Å². The minimum atomic E-state index is -0.776. The van der Waals surface area contributed by atoms with Crippen LogP contribution in [0.25, 0.3) is 0 Å². The second kappa shape index (κ2) is 12.4. The lowest BCUT2D eigenvalue weighted by molar-refractivity contribution is -0.123. The van der Waals surface area contributed by atoms with Crippen molar-refractivity contribution in [1.29, 1.82) is 0 Å². The summed E-state index contributed by atoms with van der Waals surface area (Å²) in [5.74, 6) is -0.898. The van der Waals surface area contributed by atoms with Crippen LogP contribution in [0, 0.1) is 0 Å². The highest BCUT2D eigenvalue weighted by Gasteiger charge is 2.29. The molecular weight excluding hydrogens is 471 g/mol. The number of nitrogens with zero attached hydrogens (tertiary/aromatic N) is 1. The molecule has 0 aromatic heterocycles. The van der Waals surface area contributed by atoms with E-state index >= 15 is 0 Å². The van der Waals surface area contributed by atoms with E-state index < -0.39 is 17.8 Å². The Labute approximate surface area is 221 Å². The Morgan fingerprint density at radius 3 is 2.19 bits per heavy atom. The largest absolute Gasteiger partial charge is 0.506 e. The summed E-state index contributed by atoms with van der Waals surface area (Å²) in [7, 11) is 0. The van der Waals surface area contributed by atoms with Gasteiger partial charge in [-0.25, -0.2) is 0 Å². The van der Waals surface area contributed by atoms with Crippen molar-refractivity contribution in [3.63, 3.8) is 0 Å². The Morgan fingerprint density at radius 1 is 1.00 bits per heavy atom. The number of carbonyl (C=O) groups excluding carboxylic acids is 2. The Hall–Kier alpha value is -3.09. The lowest BCUT2D eigenvalue weighted by Crippen LogP contribution is -2.33. The van der Waals surface area contributed by atoms with E-state index in [-0.39, 0.29) is 39.7 Å². The van der Waals surface area contributed by atoms with E-state index in [0.29, 0.717) is 18.6 Å². The summed E-state index contributed by atoms with van der Waals surface area (Å²) in [6, 6.07) is 10.2. The number of rotatable bonds is 12. The van der Waals surface area contributed by atoms with Crippen molar-refractivity contribution in [2.24, 2.45) is 0 Å². The summed E-state index contributed by atoms with van der Waals surface area (Å²) in [5.41, 5.74) is 2.16. The third kappa shape index (κ3) is 7.24. The van der Waals surface area contributed by atoms with Gasteiger partial charge in [-0.05, 0) is 60.3 Å². The van der Waals surface area contributed by atoms with Gasteiger partial charge < -0.3 is 15.2 Å². The van der Waals surface area contributed by atoms with E-state index in [4.69, 9.17) is 4.74 Å². The van der Waals surface area contributed by atoms with Gasteiger partial charge in [0.1, 0.15) is 17.2 Å². The second-order valence-electron chi connectivity index (χ2n) is 10.8. The summed E-state index contributed by atoms with van der Waals surface area (Å²) in [6.07, 6.45) is 2.06. The predicted molar refractivity (Wildman–Crippen MR) is 148 cm³/mol. The number of phenols is 1. The highest BCUT2D eigenvalue weighted by Crippen LogP contribution is 2.39. The molecule has 1 atom stereocenters. The first kappa shape index (κ1) is 30.1. The molecule has 6 nitrogen and oxygen atoms in total. The molecule has 0 bridgehead atoms. The summed E-state index contributed by atoms with van der Waals surface area (Å²) in [4.78, 5) is 24.9. The minimum Gasteiger partial charge on any atom is -0.506 e. The Kier molecular flexibility index (Phi) is 10.1. The van der Waals surface area contributed by atoms with Gasteiger partial charge in [-0.15, -0.1) is 5.12 Å². The van der Waals surface area contributed by atoms with Crippen LogP contribution >= 0.6 is 0 Å². The number of phenolic OH excluding ortho intramolecular Hbond substituents is 1. The molecule has 204 valence electrons. The van der Waals surface area contributed by atoms with E-state index in [1.807, 2.05) is 13.0 Å². The average Bonchev–Trinajstić information content (AvgIpc) is 2.86. The molecule has 0 saturated carbocycles. The van der Waals surface area contributed by atoms with Crippen molar-refractivity contribution in [2.45, 2.75) is 104 Å². The van der Waals surface area contributed by atoms with Crippen LogP contribution in [-0.4, -0.2) is 23.0 Å². The number of carbonyl (C=O) groups is 2. The first-order chi connectivity index (χ1) is 17.3.